The van der Waals surface area contributed by atoms with Crippen LogP contribution in [0.1, 0.15) is 35.7 Å². The van der Waals surface area contributed by atoms with Gasteiger partial charge in [0.1, 0.15) is 0 Å². The highest BCUT2D eigenvalue weighted by molar-refractivity contribution is 6.09. The maximum absolute atomic E-state index is 13.1. The van der Waals surface area contributed by atoms with Gasteiger partial charge in [0, 0.05) is 19.4 Å². The van der Waals surface area contributed by atoms with Gasteiger partial charge in [0.05, 0.1) is 5.92 Å². The van der Waals surface area contributed by atoms with Crippen LogP contribution >= 0.6 is 0 Å². The summed E-state index contributed by atoms with van der Waals surface area (Å²) in [5.41, 5.74) is 0.983. The summed E-state index contributed by atoms with van der Waals surface area (Å²) in [5, 5.41) is 0. The lowest BCUT2D eigenvalue weighted by molar-refractivity contribution is -0.240. The van der Waals surface area contributed by atoms with Crippen LogP contribution in [0.25, 0.3) is 0 Å². The zero-order chi connectivity index (χ0) is 18.0. The molecule has 0 N–H and O–H groups in total. The van der Waals surface area contributed by atoms with Crippen molar-refractivity contribution < 1.29 is 23.9 Å². The Kier molecular flexibility index (Phi) is 4.40. The van der Waals surface area contributed by atoms with Crippen LogP contribution in [-0.4, -0.2) is 23.5 Å². The molecule has 1 unspecified atom stereocenters. The van der Waals surface area contributed by atoms with E-state index < -0.39 is 29.6 Å². The van der Waals surface area contributed by atoms with E-state index in [2.05, 4.69) is 0 Å². The molecule has 0 bridgehead atoms. The topological polar surface area (TPSA) is 69.7 Å². The Labute approximate surface area is 145 Å². The summed E-state index contributed by atoms with van der Waals surface area (Å²) in [6.45, 7) is 2.96. The van der Waals surface area contributed by atoms with Gasteiger partial charge < -0.3 is 9.47 Å². The standard InChI is InChI=1S/C20H18O5/c1-20(2)24-18(22)16(19(23)25-20)15(13-9-5-3-6-10-13)17(21)14-11-7-4-8-12-14/h3-12,15-16H,1-2H3. The van der Waals surface area contributed by atoms with Crippen molar-refractivity contribution in [3.8, 4) is 0 Å². The molecule has 0 aromatic heterocycles. The SMILES string of the molecule is CC1(C)OC(=O)C(C(C(=O)c2ccccc2)c2ccccc2)C(=O)O1. The van der Waals surface area contributed by atoms with E-state index in [-0.39, 0.29) is 5.78 Å². The zero-order valence-corrected chi connectivity index (χ0v) is 14.0. The van der Waals surface area contributed by atoms with Crippen LogP contribution in [0.3, 0.4) is 0 Å². The highest BCUT2D eigenvalue weighted by atomic mass is 16.7. The summed E-state index contributed by atoms with van der Waals surface area (Å²) in [6.07, 6.45) is 0. The number of hydrogen-bond acceptors (Lipinski definition) is 5. The first-order chi connectivity index (χ1) is 11.9. The molecule has 1 heterocycles. The van der Waals surface area contributed by atoms with E-state index in [1.807, 2.05) is 0 Å². The maximum atomic E-state index is 13.1. The normalized spacial score (nSPS) is 18.2. The largest absolute Gasteiger partial charge is 0.422 e. The van der Waals surface area contributed by atoms with E-state index in [0.29, 0.717) is 11.1 Å². The molecule has 1 atom stereocenters. The van der Waals surface area contributed by atoms with E-state index in [0.717, 1.165) is 0 Å². The monoisotopic (exact) mass is 338 g/mol. The molecule has 25 heavy (non-hydrogen) atoms. The third-order valence-electron chi connectivity index (χ3n) is 4.03. The lowest BCUT2D eigenvalue weighted by Crippen LogP contribution is -2.49. The van der Waals surface area contributed by atoms with Crippen LogP contribution < -0.4 is 0 Å². The van der Waals surface area contributed by atoms with Crippen molar-refractivity contribution in [2.75, 3.05) is 0 Å². The predicted molar refractivity (Wildman–Crippen MR) is 89.7 cm³/mol. The molecule has 2 aromatic rings. The van der Waals surface area contributed by atoms with E-state index in [9.17, 15) is 14.4 Å². The molecule has 1 aliphatic heterocycles. The van der Waals surface area contributed by atoms with E-state index in [4.69, 9.17) is 9.47 Å². The van der Waals surface area contributed by atoms with Gasteiger partial charge in [-0.1, -0.05) is 60.7 Å². The number of Topliss-reactive ketones (excluding diaryl/α,β-unsaturated/α-hetero) is 1. The minimum Gasteiger partial charge on any atom is -0.422 e. The van der Waals surface area contributed by atoms with Crippen molar-refractivity contribution >= 4 is 17.7 Å². The van der Waals surface area contributed by atoms with Crippen molar-refractivity contribution in [1.82, 2.24) is 0 Å². The fourth-order valence-electron chi connectivity index (χ4n) is 2.94. The summed E-state index contributed by atoms with van der Waals surface area (Å²) in [4.78, 5) is 38.1. The molecule has 2 aromatic carbocycles. The molecule has 1 fully saturated rings. The van der Waals surface area contributed by atoms with Crippen LogP contribution in [0.15, 0.2) is 60.7 Å². The first-order valence-corrected chi connectivity index (χ1v) is 7.99. The summed E-state index contributed by atoms with van der Waals surface area (Å²) < 4.78 is 10.4. The summed E-state index contributed by atoms with van der Waals surface area (Å²) in [6, 6.07) is 17.3. The average molecular weight is 338 g/mol. The molecule has 0 aliphatic carbocycles. The summed E-state index contributed by atoms with van der Waals surface area (Å²) in [7, 11) is 0. The van der Waals surface area contributed by atoms with Gasteiger partial charge in [-0.2, -0.15) is 0 Å². The van der Waals surface area contributed by atoms with Crippen LogP contribution in [-0.2, 0) is 19.1 Å². The van der Waals surface area contributed by atoms with E-state index >= 15 is 0 Å². The smallest absolute Gasteiger partial charge is 0.324 e. The van der Waals surface area contributed by atoms with Gasteiger partial charge in [-0.05, 0) is 5.56 Å². The van der Waals surface area contributed by atoms with Crippen molar-refractivity contribution in [3.05, 3.63) is 71.8 Å². The number of carbonyl (C=O) groups excluding carboxylic acids is 3. The predicted octanol–water partition coefficient (Wildman–Crippen LogP) is 3.11. The lowest BCUT2D eigenvalue weighted by atomic mass is 9.80. The summed E-state index contributed by atoms with van der Waals surface area (Å²) >= 11 is 0. The third kappa shape index (κ3) is 3.45. The first kappa shape index (κ1) is 16.9. The van der Waals surface area contributed by atoms with Gasteiger partial charge in [0.15, 0.2) is 11.7 Å². The van der Waals surface area contributed by atoms with Crippen molar-refractivity contribution in [3.63, 3.8) is 0 Å². The summed E-state index contributed by atoms with van der Waals surface area (Å²) in [5.74, 6) is -5.49. The fourth-order valence-corrected chi connectivity index (χ4v) is 2.94. The Hall–Kier alpha value is -2.95. The van der Waals surface area contributed by atoms with Gasteiger partial charge in [-0.3, -0.25) is 14.4 Å². The molecule has 5 nitrogen and oxygen atoms in total. The Bertz CT molecular complexity index is 775. The Morgan fingerprint density at radius 2 is 1.36 bits per heavy atom. The molecule has 1 aliphatic rings. The van der Waals surface area contributed by atoms with Crippen molar-refractivity contribution in [2.24, 2.45) is 5.92 Å². The number of benzene rings is 2. The number of rotatable bonds is 4. The van der Waals surface area contributed by atoms with Gasteiger partial charge in [-0.15, -0.1) is 0 Å². The number of ketones is 1. The number of hydrogen-bond donors (Lipinski definition) is 0. The first-order valence-electron chi connectivity index (χ1n) is 7.99. The van der Waals surface area contributed by atoms with E-state index in [1.165, 1.54) is 13.8 Å². The van der Waals surface area contributed by atoms with Gasteiger partial charge in [-0.25, -0.2) is 0 Å². The molecule has 1 saturated heterocycles. The maximum Gasteiger partial charge on any atom is 0.324 e. The van der Waals surface area contributed by atoms with Crippen LogP contribution in [0.4, 0.5) is 0 Å². The molecule has 5 heteroatoms. The third-order valence-corrected chi connectivity index (χ3v) is 4.03. The van der Waals surface area contributed by atoms with Crippen LogP contribution in [0, 0.1) is 5.92 Å². The number of ether oxygens (including phenoxy) is 2. The fraction of sp³-hybridized carbons (Fsp3) is 0.250. The van der Waals surface area contributed by atoms with Gasteiger partial charge in [0.2, 0.25) is 0 Å². The second kappa shape index (κ2) is 6.51. The van der Waals surface area contributed by atoms with E-state index in [1.54, 1.807) is 60.7 Å². The minimum absolute atomic E-state index is 0.328. The molecular formula is C20H18O5. The van der Waals surface area contributed by atoms with Gasteiger partial charge >= 0.3 is 11.9 Å². The molecule has 0 saturated carbocycles. The molecule has 0 amide bonds. The highest BCUT2D eigenvalue weighted by Crippen LogP contribution is 2.35. The minimum atomic E-state index is -1.33. The second-order valence-corrected chi connectivity index (χ2v) is 6.34. The Morgan fingerprint density at radius 3 is 1.88 bits per heavy atom. The van der Waals surface area contributed by atoms with Crippen molar-refractivity contribution in [2.45, 2.75) is 25.6 Å². The Morgan fingerprint density at radius 1 is 0.880 bits per heavy atom. The molecule has 3 rings (SSSR count). The zero-order valence-electron chi connectivity index (χ0n) is 14.0. The number of carbonyl (C=O) groups is 3. The quantitative estimate of drug-likeness (QED) is 0.487. The van der Waals surface area contributed by atoms with Gasteiger partial charge in [0.25, 0.3) is 5.79 Å². The second-order valence-electron chi connectivity index (χ2n) is 6.34. The van der Waals surface area contributed by atoms with Crippen LogP contribution in [0.2, 0.25) is 0 Å². The van der Waals surface area contributed by atoms with Crippen LogP contribution in [0.5, 0.6) is 0 Å². The Balaban J connectivity index is 2.05. The molecule has 128 valence electrons. The number of esters is 2. The molecular weight excluding hydrogens is 320 g/mol. The highest BCUT2D eigenvalue weighted by Gasteiger charge is 2.50. The lowest BCUT2D eigenvalue weighted by Gasteiger charge is -2.35. The average Bonchev–Trinajstić information content (AvgIpc) is 2.58. The molecule has 0 radical (unpaired) electrons. The van der Waals surface area contributed by atoms with Crippen molar-refractivity contribution in [1.29, 1.82) is 0 Å². The number of cyclic esters (lactones) is 2. The molecule has 0 spiro atoms.